The van der Waals surface area contributed by atoms with E-state index < -0.39 is 11.6 Å². The van der Waals surface area contributed by atoms with Gasteiger partial charge in [0.25, 0.3) is 0 Å². The number of nitrogens with zero attached hydrogens (tertiary/aromatic N) is 1. The molecule has 4 heteroatoms. The van der Waals surface area contributed by atoms with E-state index in [1.807, 2.05) is 20.8 Å². The number of aryl methyl sites for hydroxylation is 1. The summed E-state index contributed by atoms with van der Waals surface area (Å²) in [6, 6.07) is 2.23. The number of nitrogens with one attached hydrogen (secondary N) is 1. The summed E-state index contributed by atoms with van der Waals surface area (Å²) in [4.78, 5) is 4.32. The van der Waals surface area contributed by atoms with Crippen molar-refractivity contribution in [1.82, 2.24) is 4.98 Å². The van der Waals surface area contributed by atoms with Crippen molar-refractivity contribution in [3.05, 3.63) is 35.0 Å². The molecule has 1 heterocycles. The second kappa shape index (κ2) is 5.51. The van der Waals surface area contributed by atoms with Crippen LogP contribution in [0.15, 0.2) is 12.1 Å². The highest BCUT2D eigenvalue weighted by Crippen LogP contribution is 2.30. The summed E-state index contributed by atoms with van der Waals surface area (Å²) in [5.41, 5.74) is 2.84. The van der Waals surface area contributed by atoms with Crippen molar-refractivity contribution in [1.29, 1.82) is 0 Å². The molecule has 1 aromatic heterocycles. The minimum Gasteiger partial charge on any atom is -0.384 e. The molecule has 2 nitrogen and oxygen atoms in total. The molecule has 0 unspecified atom stereocenters. The Labute approximate surface area is 111 Å². The van der Waals surface area contributed by atoms with Crippen LogP contribution in [0.5, 0.6) is 0 Å². The fourth-order valence-electron chi connectivity index (χ4n) is 2.26. The van der Waals surface area contributed by atoms with Crippen LogP contribution in [0, 0.1) is 18.6 Å². The molecule has 0 atom stereocenters. The second-order valence-electron chi connectivity index (χ2n) is 4.62. The highest BCUT2D eigenvalue weighted by Gasteiger charge is 2.14. The van der Waals surface area contributed by atoms with Crippen LogP contribution in [-0.2, 0) is 6.42 Å². The molecular weight excluding hydrogens is 246 g/mol. The molecule has 0 radical (unpaired) electrons. The molecule has 19 heavy (non-hydrogen) atoms. The molecule has 0 bridgehead atoms. The Balaban J connectivity index is 2.75. The normalized spacial score (nSPS) is 11.0. The van der Waals surface area contributed by atoms with Gasteiger partial charge in [-0.05, 0) is 31.4 Å². The lowest BCUT2D eigenvalue weighted by atomic mass is 10.0. The molecule has 0 aliphatic heterocycles. The molecule has 1 aromatic carbocycles. The Kier molecular flexibility index (Phi) is 3.98. The van der Waals surface area contributed by atoms with E-state index >= 15 is 0 Å². The van der Waals surface area contributed by atoms with Gasteiger partial charge in [0.2, 0.25) is 0 Å². The van der Waals surface area contributed by atoms with E-state index in [2.05, 4.69) is 10.3 Å². The average Bonchev–Trinajstić information content (AvgIpc) is 2.37. The van der Waals surface area contributed by atoms with Gasteiger partial charge in [0.15, 0.2) is 5.82 Å². The van der Waals surface area contributed by atoms with Crippen LogP contribution < -0.4 is 5.32 Å². The molecular formula is C15H18F2N2. The van der Waals surface area contributed by atoms with E-state index in [1.54, 1.807) is 0 Å². The van der Waals surface area contributed by atoms with Gasteiger partial charge >= 0.3 is 0 Å². The molecule has 1 N–H and O–H groups in total. The van der Waals surface area contributed by atoms with Gasteiger partial charge in [-0.3, -0.25) is 0 Å². The van der Waals surface area contributed by atoms with E-state index in [9.17, 15) is 8.78 Å². The number of rotatable bonds is 4. The van der Waals surface area contributed by atoms with Crippen LogP contribution in [-0.4, -0.2) is 11.5 Å². The van der Waals surface area contributed by atoms with Crippen molar-refractivity contribution < 1.29 is 8.78 Å². The Morgan fingerprint density at radius 3 is 2.58 bits per heavy atom. The molecule has 0 saturated heterocycles. The fourth-order valence-corrected chi connectivity index (χ4v) is 2.26. The van der Waals surface area contributed by atoms with Crippen molar-refractivity contribution in [2.24, 2.45) is 0 Å². The Bertz CT molecular complexity index is 609. The van der Waals surface area contributed by atoms with Crippen LogP contribution in [0.3, 0.4) is 0 Å². The standard InChI is InChI=1S/C15H18F2N2/c1-4-6-18-14-9(3)13(5-2)19-15-11(14)7-10(16)8-12(15)17/h7-8H,4-6H2,1-3H3,(H,18,19). The average molecular weight is 264 g/mol. The summed E-state index contributed by atoms with van der Waals surface area (Å²) < 4.78 is 27.3. The van der Waals surface area contributed by atoms with Crippen molar-refractivity contribution in [2.75, 3.05) is 11.9 Å². The molecule has 0 aliphatic carbocycles. The minimum absolute atomic E-state index is 0.238. The highest BCUT2D eigenvalue weighted by atomic mass is 19.1. The maximum absolute atomic E-state index is 13.9. The van der Waals surface area contributed by atoms with Crippen LogP contribution in [0.25, 0.3) is 10.9 Å². The topological polar surface area (TPSA) is 24.9 Å². The largest absolute Gasteiger partial charge is 0.384 e. The Morgan fingerprint density at radius 1 is 1.21 bits per heavy atom. The molecule has 0 saturated carbocycles. The summed E-state index contributed by atoms with van der Waals surface area (Å²) in [5, 5.41) is 3.78. The predicted molar refractivity (Wildman–Crippen MR) is 74.6 cm³/mol. The zero-order valence-corrected chi connectivity index (χ0v) is 11.5. The molecule has 102 valence electrons. The SMILES string of the molecule is CCCNc1c(C)c(CC)nc2c(F)cc(F)cc12. The lowest BCUT2D eigenvalue weighted by Crippen LogP contribution is -2.07. The van der Waals surface area contributed by atoms with Crippen LogP contribution >= 0.6 is 0 Å². The molecule has 0 spiro atoms. The van der Waals surface area contributed by atoms with Gasteiger partial charge in [0, 0.05) is 29.4 Å². The van der Waals surface area contributed by atoms with Gasteiger partial charge < -0.3 is 5.32 Å². The van der Waals surface area contributed by atoms with Crippen LogP contribution in [0.1, 0.15) is 31.5 Å². The predicted octanol–water partition coefficient (Wildman–Crippen LogP) is 4.21. The minimum atomic E-state index is -0.607. The molecule has 2 aromatic rings. The Morgan fingerprint density at radius 2 is 1.95 bits per heavy atom. The van der Waals surface area contributed by atoms with Crippen LogP contribution in [0.4, 0.5) is 14.5 Å². The first-order valence-corrected chi connectivity index (χ1v) is 6.60. The maximum Gasteiger partial charge on any atom is 0.152 e. The quantitative estimate of drug-likeness (QED) is 0.895. The second-order valence-corrected chi connectivity index (χ2v) is 4.62. The summed E-state index contributed by atoms with van der Waals surface area (Å²) in [6.07, 6.45) is 1.67. The number of hydrogen-bond acceptors (Lipinski definition) is 2. The monoisotopic (exact) mass is 264 g/mol. The van der Waals surface area contributed by atoms with Gasteiger partial charge in [0.1, 0.15) is 11.3 Å². The fraction of sp³-hybridized carbons (Fsp3) is 0.400. The maximum atomic E-state index is 13.9. The molecule has 0 amide bonds. The zero-order valence-electron chi connectivity index (χ0n) is 11.5. The smallest absolute Gasteiger partial charge is 0.152 e. The molecule has 0 aliphatic rings. The van der Waals surface area contributed by atoms with Gasteiger partial charge in [-0.15, -0.1) is 0 Å². The van der Waals surface area contributed by atoms with Crippen LogP contribution in [0.2, 0.25) is 0 Å². The summed E-state index contributed by atoms with van der Waals surface area (Å²) in [6.45, 7) is 6.73. The highest BCUT2D eigenvalue weighted by molar-refractivity contribution is 5.93. The summed E-state index contributed by atoms with van der Waals surface area (Å²) in [5.74, 6) is -1.18. The van der Waals surface area contributed by atoms with Crippen molar-refractivity contribution in [3.8, 4) is 0 Å². The first-order chi connectivity index (χ1) is 9.08. The van der Waals surface area contributed by atoms with E-state index in [-0.39, 0.29) is 5.52 Å². The first-order valence-electron chi connectivity index (χ1n) is 6.60. The zero-order chi connectivity index (χ0) is 14.0. The van der Waals surface area contributed by atoms with Gasteiger partial charge in [-0.25, -0.2) is 13.8 Å². The third kappa shape index (κ3) is 2.53. The third-order valence-electron chi connectivity index (χ3n) is 3.24. The Hall–Kier alpha value is -1.71. The lowest BCUT2D eigenvalue weighted by Gasteiger charge is -2.15. The van der Waals surface area contributed by atoms with E-state index in [4.69, 9.17) is 0 Å². The number of fused-ring (bicyclic) bond motifs is 1. The van der Waals surface area contributed by atoms with E-state index in [0.29, 0.717) is 5.39 Å². The number of anilines is 1. The van der Waals surface area contributed by atoms with E-state index in [1.165, 1.54) is 6.07 Å². The van der Waals surface area contributed by atoms with Crippen molar-refractivity contribution in [3.63, 3.8) is 0 Å². The molecule has 0 fully saturated rings. The number of hydrogen-bond donors (Lipinski definition) is 1. The number of halogens is 2. The van der Waals surface area contributed by atoms with Crippen molar-refractivity contribution >= 4 is 16.6 Å². The summed E-state index contributed by atoms with van der Waals surface area (Å²) >= 11 is 0. The van der Waals surface area contributed by atoms with Gasteiger partial charge in [-0.2, -0.15) is 0 Å². The lowest BCUT2D eigenvalue weighted by molar-refractivity contribution is 0.590. The first kappa shape index (κ1) is 13.7. The number of benzene rings is 1. The molecule has 2 rings (SSSR count). The van der Waals surface area contributed by atoms with Gasteiger partial charge in [-0.1, -0.05) is 13.8 Å². The van der Waals surface area contributed by atoms with Crippen molar-refractivity contribution in [2.45, 2.75) is 33.6 Å². The summed E-state index contributed by atoms with van der Waals surface area (Å²) in [7, 11) is 0. The number of aromatic nitrogens is 1. The number of pyridine rings is 1. The van der Waals surface area contributed by atoms with E-state index in [0.717, 1.165) is 42.4 Å². The third-order valence-corrected chi connectivity index (χ3v) is 3.24. The van der Waals surface area contributed by atoms with Gasteiger partial charge in [0.05, 0.1) is 0 Å².